The van der Waals surface area contributed by atoms with Crippen molar-refractivity contribution in [3.8, 4) is 0 Å². The summed E-state index contributed by atoms with van der Waals surface area (Å²) in [6.07, 6.45) is 6.54. The Morgan fingerprint density at radius 3 is 2.48 bits per heavy atom. The molecule has 0 unspecified atom stereocenters. The Kier molecular flexibility index (Phi) is 4.99. The first kappa shape index (κ1) is 18.3. The molecule has 3 aromatic rings. The molecular weight excluding hydrogens is 367 g/mol. The van der Waals surface area contributed by atoms with E-state index < -0.39 is 5.82 Å². The Balaban J connectivity index is 1.68. The van der Waals surface area contributed by atoms with Crippen LogP contribution in [0.25, 0.3) is 11.3 Å². The maximum atomic E-state index is 13.1. The summed E-state index contributed by atoms with van der Waals surface area (Å²) in [5.74, 6) is -0.329. The highest BCUT2D eigenvalue weighted by molar-refractivity contribution is 6.16. The van der Waals surface area contributed by atoms with Crippen LogP contribution in [0.4, 0.5) is 16.0 Å². The van der Waals surface area contributed by atoms with Gasteiger partial charge in [0.15, 0.2) is 0 Å². The van der Waals surface area contributed by atoms with Crippen molar-refractivity contribution in [1.82, 2.24) is 9.97 Å². The van der Waals surface area contributed by atoms with E-state index in [1.165, 1.54) is 24.3 Å². The van der Waals surface area contributed by atoms with Crippen molar-refractivity contribution < 1.29 is 9.50 Å². The summed E-state index contributed by atoms with van der Waals surface area (Å²) in [5.41, 5.74) is 2.81. The number of aromatic nitrogens is 2. The predicted octanol–water partition coefficient (Wildman–Crippen LogP) is 4.10. The van der Waals surface area contributed by atoms with E-state index in [9.17, 15) is 9.50 Å². The van der Waals surface area contributed by atoms with Gasteiger partial charge in [-0.15, -0.1) is 0 Å². The van der Waals surface area contributed by atoms with Crippen molar-refractivity contribution in [2.75, 3.05) is 5.32 Å². The lowest BCUT2D eigenvalue weighted by molar-refractivity contribution is -0.244. The molecule has 142 valence electrons. The van der Waals surface area contributed by atoms with Gasteiger partial charge < -0.3 is 15.8 Å². The zero-order valence-corrected chi connectivity index (χ0v) is 15.3. The number of nitrogens with one attached hydrogen (secondary N) is 2. The first-order chi connectivity index (χ1) is 14.1. The molecule has 2 aromatic carbocycles. The number of nitrogens with zero attached hydrogens (tertiary/aromatic N) is 2. The summed E-state index contributed by atoms with van der Waals surface area (Å²) >= 11 is 0. The summed E-state index contributed by atoms with van der Waals surface area (Å²) < 4.78 is 13.1. The second-order valence-corrected chi connectivity index (χ2v) is 6.35. The summed E-state index contributed by atoms with van der Waals surface area (Å²) in [6.45, 7) is 0. The number of allylic oxidation sites excluding steroid dienone is 5. The molecule has 0 radical (unpaired) electrons. The maximum absolute atomic E-state index is 13.1. The van der Waals surface area contributed by atoms with Crippen LogP contribution in [0.5, 0.6) is 0 Å². The van der Waals surface area contributed by atoms with E-state index in [1.54, 1.807) is 30.5 Å². The molecule has 0 fully saturated rings. The second kappa shape index (κ2) is 7.90. The average molecular weight is 383 g/mol. The van der Waals surface area contributed by atoms with Crippen LogP contribution in [0.2, 0.25) is 0 Å². The fourth-order valence-corrected chi connectivity index (χ4v) is 2.88. The second-order valence-electron chi connectivity index (χ2n) is 6.35. The van der Waals surface area contributed by atoms with Gasteiger partial charge >= 0.3 is 0 Å². The molecule has 0 saturated heterocycles. The quantitative estimate of drug-likeness (QED) is 0.664. The number of para-hydroxylation sites is 1. The van der Waals surface area contributed by atoms with Gasteiger partial charge in [0.05, 0.1) is 11.4 Å². The summed E-state index contributed by atoms with van der Waals surface area (Å²) in [6, 6.07) is 16.6. The number of hydrogen-bond donors (Lipinski definition) is 2. The van der Waals surface area contributed by atoms with Crippen molar-refractivity contribution in [2.45, 2.75) is 0 Å². The van der Waals surface area contributed by atoms with Gasteiger partial charge in [-0.3, -0.25) is 0 Å². The number of anilines is 2. The highest BCUT2D eigenvalue weighted by atomic mass is 19.1. The lowest BCUT2D eigenvalue weighted by atomic mass is 9.95. The topological polar surface area (TPSA) is 84.7 Å². The minimum atomic E-state index is -0.416. The number of rotatable bonds is 4. The number of halogens is 1. The molecule has 0 spiro atoms. The normalized spacial score (nSPS) is 15.1. The minimum Gasteiger partial charge on any atom is -0.872 e. The molecule has 1 aromatic heterocycles. The van der Waals surface area contributed by atoms with E-state index in [4.69, 9.17) is 5.41 Å². The summed E-state index contributed by atoms with van der Waals surface area (Å²) in [4.78, 5) is 8.74. The maximum Gasteiger partial charge on any atom is 0.227 e. The Hall–Kier alpha value is -4.06. The molecule has 2 N–H and O–H groups in total. The first-order valence-corrected chi connectivity index (χ1v) is 8.91. The molecule has 29 heavy (non-hydrogen) atoms. The molecule has 5 nitrogen and oxygen atoms in total. The van der Waals surface area contributed by atoms with Crippen LogP contribution in [0.3, 0.4) is 0 Å². The summed E-state index contributed by atoms with van der Waals surface area (Å²) in [5, 5.41) is 24.0. The average Bonchev–Trinajstić information content (AvgIpc) is 2.75. The van der Waals surface area contributed by atoms with E-state index in [2.05, 4.69) is 15.3 Å². The fourth-order valence-electron chi connectivity index (χ4n) is 2.88. The number of hydrogen-bond acceptors (Lipinski definition) is 5. The Labute approximate surface area is 167 Å². The van der Waals surface area contributed by atoms with Crippen LogP contribution < -0.4 is 10.4 Å². The Morgan fingerprint density at radius 1 is 0.966 bits per heavy atom. The zero-order chi connectivity index (χ0) is 20.2. The highest BCUT2D eigenvalue weighted by Gasteiger charge is 2.12. The van der Waals surface area contributed by atoms with Gasteiger partial charge in [0.25, 0.3) is 0 Å². The zero-order valence-electron chi connectivity index (χ0n) is 15.3. The van der Waals surface area contributed by atoms with Crippen molar-refractivity contribution in [2.24, 2.45) is 0 Å². The van der Waals surface area contributed by atoms with E-state index in [1.807, 2.05) is 30.3 Å². The smallest absolute Gasteiger partial charge is 0.227 e. The third-order valence-electron chi connectivity index (χ3n) is 4.35. The standard InChI is InChI=1S/C23H17FN4O/c24-17-9-6-15(7-10-17)22(29)19-14-16(8-11-20(19)25)21-12-13-26-23(28-21)27-18-4-2-1-3-5-18/h1-14,25,29H,(H,26,27,28)/p-1/b22-19-,25-20?. The van der Waals surface area contributed by atoms with Crippen LogP contribution in [0.1, 0.15) is 11.3 Å². The van der Waals surface area contributed by atoms with Gasteiger partial charge in [-0.2, -0.15) is 0 Å². The molecule has 0 saturated carbocycles. The third kappa shape index (κ3) is 4.11. The molecule has 6 heteroatoms. The van der Waals surface area contributed by atoms with Crippen molar-refractivity contribution in [3.05, 3.63) is 108 Å². The largest absolute Gasteiger partial charge is 0.872 e. The first-order valence-electron chi connectivity index (χ1n) is 8.91. The highest BCUT2D eigenvalue weighted by Crippen LogP contribution is 2.26. The lowest BCUT2D eigenvalue weighted by Crippen LogP contribution is -2.12. The van der Waals surface area contributed by atoms with Gasteiger partial charge in [0, 0.05) is 17.5 Å². The molecule has 0 amide bonds. The third-order valence-corrected chi connectivity index (χ3v) is 4.35. The van der Waals surface area contributed by atoms with Crippen LogP contribution in [0, 0.1) is 11.2 Å². The van der Waals surface area contributed by atoms with Crippen molar-refractivity contribution in [1.29, 1.82) is 5.41 Å². The van der Waals surface area contributed by atoms with Gasteiger partial charge in [-0.1, -0.05) is 42.2 Å². The summed E-state index contributed by atoms with van der Waals surface area (Å²) in [7, 11) is 0. The van der Waals surface area contributed by atoms with Crippen LogP contribution >= 0.6 is 0 Å². The fraction of sp³-hybridized carbons (Fsp3) is 0. The van der Waals surface area contributed by atoms with Gasteiger partial charge in [-0.05, 0) is 53.6 Å². The number of benzene rings is 2. The monoisotopic (exact) mass is 383 g/mol. The van der Waals surface area contributed by atoms with Crippen molar-refractivity contribution >= 4 is 28.7 Å². The van der Waals surface area contributed by atoms with Crippen molar-refractivity contribution in [3.63, 3.8) is 0 Å². The molecule has 1 heterocycles. The molecular formula is C23H16FN4O-. The molecule has 0 atom stereocenters. The van der Waals surface area contributed by atoms with Gasteiger partial charge in [-0.25, -0.2) is 14.4 Å². The van der Waals surface area contributed by atoms with Gasteiger partial charge in [0.2, 0.25) is 5.95 Å². The van der Waals surface area contributed by atoms with Crippen LogP contribution in [-0.4, -0.2) is 15.7 Å². The van der Waals surface area contributed by atoms with E-state index in [0.29, 0.717) is 22.8 Å². The van der Waals surface area contributed by atoms with E-state index >= 15 is 0 Å². The molecule has 1 aliphatic rings. The van der Waals surface area contributed by atoms with E-state index in [0.717, 1.165) is 5.69 Å². The van der Waals surface area contributed by atoms with Crippen LogP contribution in [0.15, 0.2) is 90.7 Å². The Morgan fingerprint density at radius 2 is 1.72 bits per heavy atom. The molecule has 0 aliphatic heterocycles. The van der Waals surface area contributed by atoms with Crippen LogP contribution in [-0.2, 0) is 0 Å². The molecule has 0 bridgehead atoms. The molecule has 4 rings (SSSR count). The molecule has 1 aliphatic carbocycles. The van der Waals surface area contributed by atoms with Gasteiger partial charge in [0.1, 0.15) is 5.82 Å². The Bertz CT molecular complexity index is 1150. The lowest BCUT2D eigenvalue weighted by Gasteiger charge is -2.20. The SMILES string of the molecule is N=C1C=CC(c2ccnc(Nc3ccccc3)n2)=C/C1=C(/[O-])c1ccc(F)cc1. The van der Waals surface area contributed by atoms with E-state index in [-0.39, 0.29) is 17.0 Å². The minimum absolute atomic E-state index is 0.0970. The predicted molar refractivity (Wildman–Crippen MR) is 110 cm³/mol.